The molecular formula is C28H48Si. The average Bonchev–Trinajstić information content (AvgIpc) is 2.73. The zero-order valence-corrected chi connectivity index (χ0v) is 20.9. The van der Waals surface area contributed by atoms with E-state index in [-0.39, 0.29) is 0 Å². The number of unbranched alkanes of at least 4 members (excludes halogenated alkanes) is 15. The van der Waals surface area contributed by atoms with Gasteiger partial charge in [-0.15, -0.1) is 5.54 Å². The van der Waals surface area contributed by atoms with Gasteiger partial charge in [0.15, 0.2) is 0 Å². The average molecular weight is 413 g/mol. The molecular weight excluding hydrogens is 364 g/mol. The first kappa shape index (κ1) is 26.0. The largest absolute Gasteiger partial charge is 0.132 e. The molecule has 0 fully saturated rings. The highest BCUT2D eigenvalue weighted by atomic mass is 28.3. The molecule has 1 heteroatoms. The first-order chi connectivity index (χ1) is 14.1. The van der Waals surface area contributed by atoms with Gasteiger partial charge in [-0.1, -0.05) is 147 Å². The molecule has 0 heterocycles. The molecule has 0 N–H and O–H groups in total. The molecule has 164 valence electrons. The molecule has 0 saturated heterocycles. The van der Waals surface area contributed by atoms with Crippen LogP contribution in [-0.2, 0) is 0 Å². The maximum Gasteiger partial charge on any atom is 0.132 e. The van der Waals surface area contributed by atoms with Gasteiger partial charge >= 0.3 is 0 Å². The second kappa shape index (κ2) is 17.8. The zero-order valence-electron chi connectivity index (χ0n) is 19.9. The van der Waals surface area contributed by atoms with Crippen molar-refractivity contribution in [1.82, 2.24) is 0 Å². The highest BCUT2D eigenvalue weighted by Crippen LogP contribution is 2.17. The Kier molecular flexibility index (Phi) is 16.0. The number of hydrogen-bond donors (Lipinski definition) is 0. The van der Waals surface area contributed by atoms with Crippen LogP contribution >= 0.6 is 0 Å². The Morgan fingerprint density at radius 2 is 1.00 bits per heavy atom. The summed E-state index contributed by atoms with van der Waals surface area (Å²) < 4.78 is 0. The number of hydrogen-bond acceptors (Lipinski definition) is 0. The Balaban J connectivity index is 1.88. The van der Waals surface area contributed by atoms with Crippen molar-refractivity contribution < 1.29 is 0 Å². The van der Waals surface area contributed by atoms with Crippen LogP contribution in [0.25, 0.3) is 0 Å². The number of benzene rings is 1. The fourth-order valence-corrected chi connectivity index (χ4v) is 5.68. The van der Waals surface area contributed by atoms with Crippen LogP contribution < -0.4 is 0 Å². The maximum atomic E-state index is 3.62. The molecule has 0 aliphatic heterocycles. The summed E-state index contributed by atoms with van der Waals surface area (Å²) in [5.41, 5.74) is 4.78. The Morgan fingerprint density at radius 1 is 0.586 bits per heavy atom. The maximum absolute atomic E-state index is 3.62. The molecule has 0 saturated carbocycles. The first-order valence-corrected chi connectivity index (χ1v) is 15.9. The third-order valence-electron chi connectivity index (χ3n) is 5.97. The Bertz CT molecular complexity index is 534. The summed E-state index contributed by atoms with van der Waals surface area (Å²) in [5.74, 6) is 3.40. The number of rotatable bonds is 17. The van der Waals surface area contributed by atoms with Crippen molar-refractivity contribution in [1.29, 1.82) is 0 Å². The van der Waals surface area contributed by atoms with Gasteiger partial charge in [0.1, 0.15) is 8.07 Å². The topological polar surface area (TPSA) is 0 Å². The molecule has 0 nitrogen and oxygen atoms in total. The molecule has 0 aromatic heterocycles. The van der Waals surface area contributed by atoms with E-state index in [1.165, 1.54) is 114 Å². The van der Waals surface area contributed by atoms with E-state index in [2.05, 4.69) is 61.8 Å². The van der Waals surface area contributed by atoms with E-state index in [1.807, 2.05) is 0 Å². The normalized spacial score (nSPS) is 11.3. The second-order valence-electron chi connectivity index (χ2n) is 9.55. The predicted octanol–water partition coefficient (Wildman–Crippen LogP) is 9.55. The van der Waals surface area contributed by atoms with E-state index >= 15 is 0 Å². The molecule has 1 rings (SSSR count). The molecule has 0 radical (unpaired) electrons. The fraction of sp³-hybridized carbons (Fsp3) is 0.714. The van der Waals surface area contributed by atoms with Gasteiger partial charge in [-0.25, -0.2) is 0 Å². The molecule has 0 bridgehead atoms. The molecule has 0 atom stereocenters. The quantitative estimate of drug-likeness (QED) is 0.136. The van der Waals surface area contributed by atoms with Crippen LogP contribution in [0.3, 0.4) is 0 Å². The van der Waals surface area contributed by atoms with Crippen molar-refractivity contribution in [2.45, 2.75) is 129 Å². The Hall–Kier alpha value is -1.00. The summed E-state index contributed by atoms with van der Waals surface area (Å²) in [6.45, 7) is 7.15. The highest BCUT2D eigenvalue weighted by Gasteiger charge is 2.16. The summed E-state index contributed by atoms with van der Waals surface area (Å²) in [7, 11) is -1.35. The minimum atomic E-state index is -1.35. The lowest BCUT2D eigenvalue weighted by Gasteiger charge is -2.14. The van der Waals surface area contributed by atoms with Gasteiger partial charge in [0.25, 0.3) is 0 Å². The Labute approximate surface area is 184 Å². The van der Waals surface area contributed by atoms with Crippen LogP contribution in [0.4, 0.5) is 0 Å². The van der Waals surface area contributed by atoms with E-state index < -0.39 is 8.07 Å². The monoisotopic (exact) mass is 412 g/mol. The van der Waals surface area contributed by atoms with Gasteiger partial charge in [0.2, 0.25) is 0 Å². The van der Waals surface area contributed by atoms with Crippen molar-refractivity contribution >= 4 is 8.07 Å². The Morgan fingerprint density at radius 3 is 1.45 bits per heavy atom. The van der Waals surface area contributed by atoms with Gasteiger partial charge in [-0.05, 0) is 18.2 Å². The summed E-state index contributed by atoms with van der Waals surface area (Å²) in [5, 5.41) is 0. The van der Waals surface area contributed by atoms with Crippen LogP contribution in [0, 0.1) is 11.5 Å². The van der Waals surface area contributed by atoms with Crippen molar-refractivity contribution in [2.75, 3.05) is 0 Å². The van der Waals surface area contributed by atoms with Crippen LogP contribution in [-0.4, -0.2) is 8.07 Å². The molecule has 0 aliphatic rings. The highest BCUT2D eigenvalue weighted by molar-refractivity contribution is 6.85. The standard InChI is InChI=1S/C28H48Si/c1-4-5-6-7-8-9-10-11-12-13-14-15-16-17-18-22-26-29(2,3)27-25-28-23-20-19-21-24-28/h19-21,23-24H,4-18,22,26H2,1-3H3. The summed E-state index contributed by atoms with van der Waals surface area (Å²) in [4.78, 5) is 0. The SMILES string of the molecule is CCCCCCCCCCCCCCCCCC[Si](C)(C)C#Cc1ccccc1. The molecule has 1 aromatic carbocycles. The van der Waals surface area contributed by atoms with Gasteiger partial charge in [-0.3, -0.25) is 0 Å². The minimum Gasteiger partial charge on any atom is -0.126 e. The summed E-state index contributed by atoms with van der Waals surface area (Å²) in [6.07, 6.45) is 23.1. The first-order valence-electron chi connectivity index (χ1n) is 12.7. The molecule has 0 amide bonds. The van der Waals surface area contributed by atoms with Crippen molar-refractivity contribution in [2.24, 2.45) is 0 Å². The third-order valence-corrected chi connectivity index (χ3v) is 8.38. The van der Waals surface area contributed by atoms with E-state index in [1.54, 1.807) is 0 Å². The minimum absolute atomic E-state index is 1.17. The predicted molar refractivity (Wildman–Crippen MR) is 135 cm³/mol. The van der Waals surface area contributed by atoms with E-state index in [0.29, 0.717) is 0 Å². The summed E-state index contributed by atoms with van der Waals surface area (Å²) >= 11 is 0. The van der Waals surface area contributed by atoms with Crippen molar-refractivity contribution in [3.63, 3.8) is 0 Å². The van der Waals surface area contributed by atoms with E-state index in [4.69, 9.17) is 0 Å². The summed E-state index contributed by atoms with van der Waals surface area (Å²) in [6, 6.07) is 11.8. The lowest BCUT2D eigenvalue weighted by atomic mass is 10.0. The molecule has 0 aliphatic carbocycles. The van der Waals surface area contributed by atoms with Crippen LogP contribution in [0.15, 0.2) is 30.3 Å². The smallest absolute Gasteiger partial charge is 0.126 e. The van der Waals surface area contributed by atoms with Crippen LogP contribution in [0.5, 0.6) is 0 Å². The lowest BCUT2D eigenvalue weighted by Crippen LogP contribution is -2.22. The van der Waals surface area contributed by atoms with Gasteiger partial charge in [0.05, 0.1) is 0 Å². The second-order valence-corrected chi connectivity index (χ2v) is 14.1. The molecule has 0 unspecified atom stereocenters. The van der Waals surface area contributed by atoms with Gasteiger partial charge in [-0.2, -0.15) is 0 Å². The third kappa shape index (κ3) is 16.5. The van der Waals surface area contributed by atoms with Crippen LogP contribution in [0.2, 0.25) is 19.1 Å². The van der Waals surface area contributed by atoms with Crippen molar-refractivity contribution in [3.05, 3.63) is 35.9 Å². The van der Waals surface area contributed by atoms with Crippen molar-refractivity contribution in [3.8, 4) is 11.5 Å². The molecule has 29 heavy (non-hydrogen) atoms. The van der Waals surface area contributed by atoms with E-state index in [0.717, 1.165) is 0 Å². The molecule has 1 aromatic rings. The zero-order chi connectivity index (χ0) is 21.0. The van der Waals surface area contributed by atoms with Gasteiger partial charge < -0.3 is 0 Å². The fourth-order valence-electron chi connectivity index (χ4n) is 3.94. The van der Waals surface area contributed by atoms with Crippen LogP contribution in [0.1, 0.15) is 115 Å². The lowest BCUT2D eigenvalue weighted by molar-refractivity contribution is 0.531. The van der Waals surface area contributed by atoms with Gasteiger partial charge in [0, 0.05) is 5.56 Å². The van der Waals surface area contributed by atoms with E-state index in [9.17, 15) is 0 Å². The molecule has 0 spiro atoms.